The lowest BCUT2D eigenvalue weighted by Crippen LogP contribution is -2.27. The minimum atomic E-state index is -3.25. The molecule has 16 heavy (non-hydrogen) atoms. The first-order valence-corrected chi connectivity index (χ1v) is 6.43. The summed E-state index contributed by atoms with van der Waals surface area (Å²) in [5, 5.41) is 0. The van der Waals surface area contributed by atoms with Crippen molar-refractivity contribution < 1.29 is 13.2 Å². The summed E-state index contributed by atoms with van der Waals surface area (Å²) in [6.45, 7) is 1.60. The van der Waals surface area contributed by atoms with Crippen LogP contribution in [0.25, 0.3) is 0 Å². The Morgan fingerprint density at radius 2 is 2.06 bits per heavy atom. The summed E-state index contributed by atoms with van der Waals surface area (Å²) in [5.41, 5.74) is 6.65. The molecule has 0 saturated carbocycles. The Hall–Kier alpha value is -1.43. The molecule has 2 N–H and O–H groups in total. The smallest absolute Gasteiger partial charge is 0.234 e. The molecule has 0 bridgehead atoms. The van der Waals surface area contributed by atoms with Crippen molar-refractivity contribution in [2.45, 2.75) is 6.92 Å². The Morgan fingerprint density at radius 3 is 2.50 bits per heavy atom. The maximum absolute atomic E-state index is 11.6. The van der Waals surface area contributed by atoms with E-state index in [0.29, 0.717) is 17.1 Å². The molecule has 1 aromatic rings. The fourth-order valence-electron chi connectivity index (χ4n) is 1.27. The molecule has 0 aliphatic carbocycles. The van der Waals surface area contributed by atoms with Gasteiger partial charge in [-0.3, -0.25) is 4.31 Å². The van der Waals surface area contributed by atoms with Gasteiger partial charge in [0, 0.05) is 7.05 Å². The number of rotatable bonds is 4. The van der Waals surface area contributed by atoms with Gasteiger partial charge in [0.25, 0.3) is 0 Å². The van der Waals surface area contributed by atoms with E-state index < -0.39 is 10.0 Å². The molecular weight excluding hydrogens is 228 g/mol. The summed E-state index contributed by atoms with van der Waals surface area (Å²) in [6, 6.07) is 4.88. The highest BCUT2D eigenvalue weighted by Crippen LogP contribution is 2.27. The second-order valence-corrected chi connectivity index (χ2v) is 5.58. The summed E-state index contributed by atoms with van der Waals surface area (Å²) >= 11 is 0. The lowest BCUT2D eigenvalue weighted by Gasteiger charge is -2.19. The van der Waals surface area contributed by atoms with Gasteiger partial charge in [-0.25, -0.2) is 8.42 Å². The van der Waals surface area contributed by atoms with Crippen LogP contribution in [0, 0.1) is 0 Å². The lowest BCUT2D eigenvalue weighted by molar-refractivity contribution is 0.417. The third-order valence-corrected chi connectivity index (χ3v) is 4.13. The van der Waals surface area contributed by atoms with Crippen LogP contribution < -0.4 is 14.8 Å². The van der Waals surface area contributed by atoms with Crippen LogP contribution in [0.1, 0.15) is 6.92 Å². The maximum Gasteiger partial charge on any atom is 0.234 e. The Balaban J connectivity index is 3.12. The fourth-order valence-corrected chi connectivity index (χ4v) is 2.09. The van der Waals surface area contributed by atoms with Gasteiger partial charge in [0.2, 0.25) is 10.0 Å². The van der Waals surface area contributed by atoms with E-state index in [9.17, 15) is 8.42 Å². The Bertz CT molecular complexity index is 471. The van der Waals surface area contributed by atoms with Crippen molar-refractivity contribution in [3.05, 3.63) is 18.2 Å². The van der Waals surface area contributed by atoms with E-state index in [1.54, 1.807) is 25.1 Å². The second kappa shape index (κ2) is 4.61. The highest BCUT2D eigenvalue weighted by Gasteiger charge is 2.16. The van der Waals surface area contributed by atoms with Gasteiger partial charge >= 0.3 is 0 Å². The number of hydrogen-bond acceptors (Lipinski definition) is 4. The number of methoxy groups -OCH3 is 1. The van der Waals surface area contributed by atoms with Crippen molar-refractivity contribution in [2.24, 2.45) is 0 Å². The van der Waals surface area contributed by atoms with E-state index in [4.69, 9.17) is 10.5 Å². The van der Waals surface area contributed by atoms with Crippen molar-refractivity contribution in [1.29, 1.82) is 0 Å². The molecule has 1 aromatic carbocycles. The lowest BCUT2D eigenvalue weighted by atomic mass is 10.2. The minimum absolute atomic E-state index is 0.0510. The quantitative estimate of drug-likeness (QED) is 0.804. The number of nitrogens with zero attached hydrogens (tertiary/aromatic N) is 1. The fraction of sp³-hybridized carbons (Fsp3) is 0.400. The molecule has 5 nitrogen and oxygen atoms in total. The zero-order chi connectivity index (χ0) is 12.3. The molecule has 0 aliphatic rings. The average Bonchev–Trinajstić information content (AvgIpc) is 2.27. The van der Waals surface area contributed by atoms with E-state index in [0.717, 1.165) is 0 Å². The molecule has 0 radical (unpaired) electrons. The first kappa shape index (κ1) is 12.6. The summed E-state index contributed by atoms with van der Waals surface area (Å²) in [6.07, 6.45) is 0. The molecule has 0 heterocycles. The Morgan fingerprint density at radius 1 is 1.44 bits per heavy atom. The molecule has 0 amide bonds. The predicted molar refractivity (Wildman–Crippen MR) is 65.3 cm³/mol. The van der Waals surface area contributed by atoms with E-state index in [1.807, 2.05) is 0 Å². The number of benzene rings is 1. The Labute approximate surface area is 95.9 Å². The van der Waals surface area contributed by atoms with Crippen molar-refractivity contribution in [1.82, 2.24) is 0 Å². The maximum atomic E-state index is 11.6. The molecule has 0 saturated heterocycles. The monoisotopic (exact) mass is 244 g/mol. The molecule has 0 unspecified atom stereocenters. The molecule has 1 rings (SSSR count). The van der Waals surface area contributed by atoms with E-state index in [2.05, 4.69) is 0 Å². The number of anilines is 2. The van der Waals surface area contributed by atoms with Gasteiger partial charge in [-0.2, -0.15) is 0 Å². The van der Waals surface area contributed by atoms with Crippen molar-refractivity contribution >= 4 is 21.4 Å². The van der Waals surface area contributed by atoms with Crippen molar-refractivity contribution in [3.63, 3.8) is 0 Å². The largest absolute Gasteiger partial charge is 0.495 e. The van der Waals surface area contributed by atoms with Crippen LogP contribution in [0.3, 0.4) is 0 Å². The number of ether oxygens (including phenoxy) is 1. The Kier molecular flexibility index (Phi) is 3.64. The average molecular weight is 244 g/mol. The van der Waals surface area contributed by atoms with Gasteiger partial charge in [0.15, 0.2) is 0 Å². The normalized spacial score (nSPS) is 11.2. The molecule has 0 atom stereocenters. The van der Waals surface area contributed by atoms with Crippen LogP contribution in [0.15, 0.2) is 18.2 Å². The van der Waals surface area contributed by atoms with Gasteiger partial charge in [0.1, 0.15) is 5.75 Å². The van der Waals surface area contributed by atoms with E-state index in [1.165, 1.54) is 18.5 Å². The molecule has 0 aliphatic heterocycles. The van der Waals surface area contributed by atoms with Crippen LogP contribution in [0.2, 0.25) is 0 Å². The van der Waals surface area contributed by atoms with Gasteiger partial charge < -0.3 is 10.5 Å². The molecule has 6 heteroatoms. The van der Waals surface area contributed by atoms with Gasteiger partial charge in [0.05, 0.1) is 24.2 Å². The number of hydrogen-bond donors (Lipinski definition) is 1. The molecule has 0 spiro atoms. The SMILES string of the molecule is CCS(=O)(=O)N(C)c1ccc(OC)c(N)c1. The predicted octanol–water partition coefficient (Wildman–Crippen LogP) is 1.06. The topological polar surface area (TPSA) is 72.6 Å². The number of nitrogens with two attached hydrogens (primary N) is 1. The van der Waals surface area contributed by atoms with Crippen LogP contribution in [-0.4, -0.2) is 28.3 Å². The van der Waals surface area contributed by atoms with Crippen LogP contribution in [0.5, 0.6) is 5.75 Å². The third-order valence-electron chi connectivity index (χ3n) is 2.36. The highest BCUT2D eigenvalue weighted by molar-refractivity contribution is 7.92. The number of sulfonamides is 1. The summed E-state index contributed by atoms with van der Waals surface area (Å²) in [7, 11) is -0.239. The molecule has 0 aromatic heterocycles. The molecule has 0 fully saturated rings. The standard InChI is InChI=1S/C10H16N2O3S/c1-4-16(13,14)12(2)8-5-6-10(15-3)9(11)7-8/h5-7H,4,11H2,1-3H3. The van der Waals surface area contributed by atoms with Gasteiger partial charge in [-0.15, -0.1) is 0 Å². The first-order chi connectivity index (χ1) is 7.42. The molecular formula is C10H16N2O3S. The summed E-state index contributed by atoms with van der Waals surface area (Å²) < 4.78 is 29.4. The third kappa shape index (κ3) is 2.38. The minimum Gasteiger partial charge on any atom is -0.495 e. The summed E-state index contributed by atoms with van der Waals surface area (Å²) in [5.74, 6) is 0.584. The van der Waals surface area contributed by atoms with E-state index in [-0.39, 0.29) is 5.75 Å². The zero-order valence-electron chi connectivity index (χ0n) is 9.60. The van der Waals surface area contributed by atoms with Crippen LogP contribution in [-0.2, 0) is 10.0 Å². The first-order valence-electron chi connectivity index (χ1n) is 4.82. The van der Waals surface area contributed by atoms with Crippen LogP contribution in [0.4, 0.5) is 11.4 Å². The van der Waals surface area contributed by atoms with Crippen LogP contribution >= 0.6 is 0 Å². The second-order valence-electron chi connectivity index (χ2n) is 3.29. The van der Waals surface area contributed by atoms with Crippen molar-refractivity contribution in [3.8, 4) is 5.75 Å². The van der Waals surface area contributed by atoms with E-state index >= 15 is 0 Å². The van der Waals surface area contributed by atoms with Crippen molar-refractivity contribution in [2.75, 3.05) is 29.9 Å². The number of nitrogen functional groups attached to an aromatic ring is 1. The molecule has 90 valence electrons. The highest BCUT2D eigenvalue weighted by atomic mass is 32.2. The van der Waals surface area contributed by atoms with Gasteiger partial charge in [-0.05, 0) is 25.1 Å². The zero-order valence-corrected chi connectivity index (χ0v) is 10.4. The summed E-state index contributed by atoms with van der Waals surface area (Å²) in [4.78, 5) is 0. The van der Waals surface area contributed by atoms with Gasteiger partial charge in [-0.1, -0.05) is 0 Å².